The van der Waals surface area contributed by atoms with Gasteiger partial charge in [0.05, 0.1) is 29.8 Å². The molecule has 1 N–H and O–H groups in total. The van der Waals surface area contributed by atoms with Gasteiger partial charge >= 0.3 is 0 Å². The molecule has 2 saturated heterocycles. The number of morpholine rings is 1. The van der Waals surface area contributed by atoms with Crippen LogP contribution in [-0.2, 0) is 14.6 Å². The lowest BCUT2D eigenvalue weighted by Crippen LogP contribution is -2.58. The van der Waals surface area contributed by atoms with E-state index in [0.29, 0.717) is 38.8 Å². The summed E-state index contributed by atoms with van der Waals surface area (Å²) in [6, 6.07) is 6.64. The van der Waals surface area contributed by atoms with Crippen molar-refractivity contribution in [2.75, 3.05) is 58.7 Å². The van der Waals surface area contributed by atoms with Gasteiger partial charge in [0.15, 0.2) is 15.8 Å². The summed E-state index contributed by atoms with van der Waals surface area (Å²) in [7, 11) is -1.40. The number of hydrogen-bond acceptors (Lipinski definition) is 5. The summed E-state index contributed by atoms with van der Waals surface area (Å²) in [5.41, 5.74) is 1.03. The Hall–Kier alpha value is -1.71. The largest absolute Gasteiger partial charge is 0.379 e. The van der Waals surface area contributed by atoms with Crippen molar-refractivity contribution in [2.24, 2.45) is 4.99 Å². The third kappa shape index (κ3) is 5.07. The summed E-state index contributed by atoms with van der Waals surface area (Å²) in [5.74, 6) is 0.550. The maximum atomic E-state index is 13.4. The Balaban J connectivity index is 1.73. The molecule has 1 unspecified atom stereocenters. The molecular formula is C20H31FN4O3S. The number of halogens is 1. The number of sulfone groups is 1. The minimum atomic E-state index is -3.11. The van der Waals surface area contributed by atoms with Crippen LogP contribution in [0.15, 0.2) is 29.3 Å². The molecule has 0 radical (unpaired) electrons. The molecule has 1 aromatic rings. The maximum Gasteiger partial charge on any atom is 0.193 e. The molecule has 7 nitrogen and oxygen atoms in total. The first-order valence-corrected chi connectivity index (χ1v) is 11.6. The standard InChI is InChI=1S/C20H31FN4O3S/c1-20(2)15-25(10-13-29(20,26)27)19(22-3)23-14-18(24-8-11-28-12-9-24)16-4-6-17(21)7-5-16/h4-7,18H,8-15H2,1-3H3,(H,22,23). The van der Waals surface area contributed by atoms with Gasteiger partial charge in [0.25, 0.3) is 0 Å². The van der Waals surface area contributed by atoms with Crippen molar-refractivity contribution in [3.05, 3.63) is 35.6 Å². The van der Waals surface area contributed by atoms with Gasteiger partial charge in [-0.05, 0) is 31.5 Å². The molecule has 0 bridgehead atoms. The first kappa shape index (κ1) is 22.0. The van der Waals surface area contributed by atoms with E-state index >= 15 is 0 Å². The fourth-order valence-corrected chi connectivity index (χ4v) is 5.24. The first-order valence-electron chi connectivity index (χ1n) is 9.99. The molecule has 2 fully saturated rings. The lowest BCUT2D eigenvalue weighted by Gasteiger charge is -2.40. The van der Waals surface area contributed by atoms with Gasteiger partial charge in [-0.3, -0.25) is 9.89 Å². The zero-order valence-corrected chi connectivity index (χ0v) is 18.2. The molecular weight excluding hydrogens is 395 g/mol. The number of guanidine groups is 1. The second kappa shape index (κ2) is 8.97. The second-order valence-corrected chi connectivity index (χ2v) is 10.9. The molecule has 1 aromatic carbocycles. The SMILES string of the molecule is CN=C(NCC(c1ccc(F)cc1)N1CCOCC1)N1CCS(=O)(=O)C(C)(C)C1. The second-order valence-electron chi connectivity index (χ2n) is 8.14. The molecule has 0 aromatic heterocycles. The highest BCUT2D eigenvalue weighted by Crippen LogP contribution is 2.25. The zero-order chi connectivity index (χ0) is 21.1. The predicted octanol–water partition coefficient (Wildman–Crippen LogP) is 1.28. The van der Waals surface area contributed by atoms with Crippen LogP contribution in [0.5, 0.6) is 0 Å². The van der Waals surface area contributed by atoms with Crippen molar-refractivity contribution in [2.45, 2.75) is 24.6 Å². The smallest absolute Gasteiger partial charge is 0.193 e. The van der Waals surface area contributed by atoms with Crippen LogP contribution in [0.4, 0.5) is 4.39 Å². The Kier molecular flexibility index (Phi) is 6.80. The monoisotopic (exact) mass is 426 g/mol. The Morgan fingerprint density at radius 3 is 2.48 bits per heavy atom. The van der Waals surface area contributed by atoms with E-state index in [4.69, 9.17) is 4.74 Å². The summed E-state index contributed by atoms with van der Waals surface area (Å²) < 4.78 is 42.7. The van der Waals surface area contributed by atoms with E-state index in [1.54, 1.807) is 20.9 Å². The van der Waals surface area contributed by atoms with Crippen LogP contribution in [0.2, 0.25) is 0 Å². The third-order valence-electron chi connectivity index (χ3n) is 5.75. The molecule has 0 saturated carbocycles. The zero-order valence-electron chi connectivity index (χ0n) is 17.4. The van der Waals surface area contributed by atoms with E-state index in [2.05, 4.69) is 15.2 Å². The number of rotatable bonds is 4. The highest BCUT2D eigenvalue weighted by molar-refractivity contribution is 7.92. The predicted molar refractivity (Wildman–Crippen MR) is 112 cm³/mol. The number of nitrogens with zero attached hydrogens (tertiary/aromatic N) is 3. The molecule has 0 aliphatic carbocycles. The van der Waals surface area contributed by atoms with Crippen LogP contribution in [0, 0.1) is 5.82 Å². The lowest BCUT2D eigenvalue weighted by atomic mass is 10.0. The van der Waals surface area contributed by atoms with Crippen LogP contribution in [0.1, 0.15) is 25.5 Å². The average molecular weight is 427 g/mol. The van der Waals surface area contributed by atoms with E-state index in [9.17, 15) is 12.8 Å². The Morgan fingerprint density at radius 1 is 1.24 bits per heavy atom. The summed E-state index contributed by atoms with van der Waals surface area (Å²) >= 11 is 0. The van der Waals surface area contributed by atoms with Crippen molar-refractivity contribution in [3.8, 4) is 0 Å². The van der Waals surface area contributed by atoms with Crippen LogP contribution >= 0.6 is 0 Å². The Bertz CT molecular complexity index is 821. The molecule has 162 valence electrons. The lowest BCUT2D eigenvalue weighted by molar-refractivity contribution is 0.0168. The fraction of sp³-hybridized carbons (Fsp3) is 0.650. The molecule has 0 spiro atoms. The van der Waals surface area contributed by atoms with Gasteiger partial charge < -0.3 is 15.0 Å². The van der Waals surface area contributed by atoms with E-state index in [0.717, 1.165) is 18.7 Å². The topological polar surface area (TPSA) is 74.2 Å². The molecule has 9 heteroatoms. The Labute approximate surface area is 172 Å². The fourth-order valence-electron chi connectivity index (χ4n) is 3.88. The summed E-state index contributed by atoms with van der Waals surface area (Å²) in [5, 5.41) is 3.42. The minimum absolute atomic E-state index is 0.0396. The van der Waals surface area contributed by atoms with Crippen molar-refractivity contribution < 1.29 is 17.5 Å². The van der Waals surface area contributed by atoms with Crippen molar-refractivity contribution >= 4 is 15.8 Å². The summed E-state index contributed by atoms with van der Waals surface area (Å²) in [6.45, 7) is 7.87. The van der Waals surface area contributed by atoms with E-state index < -0.39 is 14.6 Å². The van der Waals surface area contributed by atoms with Gasteiger partial charge in [0.1, 0.15) is 5.82 Å². The number of ether oxygens (including phenoxy) is 1. The van der Waals surface area contributed by atoms with E-state index in [1.165, 1.54) is 12.1 Å². The van der Waals surface area contributed by atoms with Crippen LogP contribution in [-0.4, -0.2) is 87.7 Å². The maximum absolute atomic E-state index is 13.4. The molecule has 0 amide bonds. The molecule has 2 heterocycles. The third-order valence-corrected chi connectivity index (χ3v) is 8.28. The van der Waals surface area contributed by atoms with Gasteiger partial charge in [0, 0.05) is 39.8 Å². The molecule has 2 aliphatic rings. The molecule has 1 atom stereocenters. The van der Waals surface area contributed by atoms with Gasteiger partial charge in [-0.2, -0.15) is 0 Å². The summed E-state index contributed by atoms with van der Waals surface area (Å²) in [6.07, 6.45) is 0. The van der Waals surface area contributed by atoms with E-state index in [1.807, 2.05) is 17.0 Å². The van der Waals surface area contributed by atoms with Crippen LogP contribution < -0.4 is 5.32 Å². The highest BCUT2D eigenvalue weighted by atomic mass is 32.2. The van der Waals surface area contributed by atoms with Gasteiger partial charge in [-0.15, -0.1) is 0 Å². The van der Waals surface area contributed by atoms with Gasteiger partial charge in [-0.25, -0.2) is 12.8 Å². The number of hydrogen-bond donors (Lipinski definition) is 1. The highest BCUT2D eigenvalue weighted by Gasteiger charge is 2.41. The van der Waals surface area contributed by atoms with Crippen LogP contribution in [0.25, 0.3) is 0 Å². The normalized spacial score (nSPS) is 23.6. The van der Waals surface area contributed by atoms with Crippen LogP contribution in [0.3, 0.4) is 0 Å². The van der Waals surface area contributed by atoms with E-state index in [-0.39, 0.29) is 17.6 Å². The summed E-state index contributed by atoms with van der Waals surface area (Å²) in [4.78, 5) is 8.71. The minimum Gasteiger partial charge on any atom is -0.379 e. The number of aliphatic imine (C=N–C) groups is 1. The van der Waals surface area contributed by atoms with Gasteiger partial charge in [-0.1, -0.05) is 12.1 Å². The van der Waals surface area contributed by atoms with Gasteiger partial charge in [0.2, 0.25) is 0 Å². The molecule has 29 heavy (non-hydrogen) atoms. The average Bonchev–Trinajstić information content (AvgIpc) is 2.69. The molecule has 2 aliphatic heterocycles. The number of benzene rings is 1. The van der Waals surface area contributed by atoms with Crippen molar-refractivity contribution in [1.82, 2.24) is 15.1 Å². The van der Waals surface area contributed by atoms with Crippen molar-refractivity contribution in [3.63, 3.8) is 0 Å². The number of nitrogens with one attached hydrogen (secondary N) is 1. The van der Waals surface area contributed by atoms with Crippen molar-refractivity contribution in [1.29, 1.82) is 0 Å². The first-order chi connectivity index (χ1) is 13.7. The Morgan fingerprint density at radius 2 is 1.90 bits per heavy atom. The quantitative estimate of drug-likeness (QED) is 0.578. The molecule has 3 rings (SSSR count).